The maximum absolute atomic E-state index is 6.41. The van der Waals surface area contributed by atoms with Crippen molar-refractivity contribution in [2.75, 3.05) is 6.54 Å². The van der Waals surface area contributed by atoms with Crippen LogP contribution >= 0.6 is 0 Å². The molecule has 1 fully saturated rings. The molecule has 2 atom stereocenters. The first-order chi connectivity index (χ1) is 12.0. The first-order valence-electron chi connectivity index (χ1n) is 9.39. The van der Waals surface area contributed by atoms with Crippen molar-refractivity contribution in [2.45, 2.75) is 51.2 Å². The molecule has 2 N–H and O–H groups in total. The van der Waals surface area contributed by atoms with Crippen molar-refractivity contribution in [1.29, 1.82) is 0 Å². The Morgan fingerprint density at radius 1 is 1.12 bits per heavy atom. The summed E-state index contributed by atoms with van der Waals surface area (Å²) in [5, 5.41) is 2.04. The lowest BCUT2D eigenvalue weighted by atomic mass is 9.81. The van der Waals surface area contributed by atoms with Gasteiger partial charge >= 0.3 is 0 Å². The molecular formula is C22H28N2O. The molecule has 0 radical (unpaired) electrons. The average Bonchev–Trinajstić information content (AvgIpc) is 2.91. The molecule has 4 rings (SSSR count). The van der Waals surface area contributed by atoms with Crippen LogP contribution in [0.15, 0.2) is 48.5 Å². The van der Waals surface area contributed by atoms with Crippen LogP contribution in [0.25, 0.3) is 0 Å². The van der Waals surface area contributed by atoms with Gasteiger partial charge < -0.3 is 4.74 Å². The lowest BCUT2D eigenvalue weighted by Crippen LogP contribution is -2.44. The quantitative estimate of drug-likeness (QED) is 0.851. The summed E-state index contributed by atoms with van der Waals surface area (Å²) in [7, 11) is 0. The zero-order valence-electron chi connectivity index (χ0n) is 15.2. The standard InChI is InChI=1S/C22H28N2O/c1-22(2)15-19-11-6-10-18(21(19)25-22)14-17-12-7-13-24(23)20(17)16-8-4-3-5-9-16/h3-6,8-11,17,20H,7,12-15,23H2,1-2H3/t17-,20+/m0/s1. The molecule has 0 aliphatic carbocycles. The predicted molar refractivity (Wildman–Crippen MR) is 101 cm³/mol. The van der Waals surface area contributed by atoms with Crippen LogP contribution in [0.1, 0.15) is 49.4 Å². The van der Waals surface area contributed by atoms with E-state index >= 15 is 0 Å². The molecule has 0 unspecified atom stereocenters. The summed E-state index contributed by atoms with van der Waals surface area (Å²) in [4.78, 5) is 0. The number of nitrogens with zero attached hydrogens (tertiary/aromatic N) is 1. The van der Waals surface area contributed by atoms with Crippen molar-refractivity contribution < 1.29 is 4.74 Å². The Hall–Kier alpha value is -1.84. The van der Waals surface area contributed by atoms with Gasteiger partial charge in [-0.3, -0.25) is 5.84 Å². The number of rotatable bonds is 3. The minimum absolute atomic E-state index is 0.0935. The first-order valence-corrected chi connectivity index (χ1v) is 9.39. The number of hydrogen-bond acceptors (Lipinski definition) is 3. The molecular weight excluding hydrogens is 308 g/mol. The maximum atomic E-state index is 6.41. The highest BCUT2D eigenvalue weighted by Gasteiger charge is 2.35. The fourth-order valence-electron chi connectivity index (χ4n) is 4.55. The fraction of sp³-hybridized carbons (Fsp3) is 0.455. The molecule has 2 aliphatic heterocycles. The summed E-state index contributed by atoms with van der Waals surface area (Å²) in [6, 6.07) is 17.6. The maximum Gasteiger partial charge on any atom is 0.126 e. The number of piperidine rings is 1. The number of hydrazine groups is 1. The van der Waals surface area contributed by atoms with Crippen LogP contribution in [0.5, 0.6) is 5.75 Å². The molecule has 3 heteroatoms. The van der Waals surface area contributed by atoms with Gasteiger partial charge in [-0.1, -0.05) is 48.5 Å². The molecule has 3 nitrogen and oxygen atoms in total. The summed E-state index contributed by atoms with van der Waals surface area (Å²) in [5.41, 5.74) is 3.91. The number of ether oxygens (including phenoxy) is 1. The van der Waals surface area contributed by atoms with Crippen LogP contribution in [-0.2, 0) is 12.8 Å². The van der Waals surface area contributed by atoms with E-state index in [4.69, 9.17) is 10.6 Å². The lowest BCUT2D eigenvalue weighted by Gasteiger charge is -2.39. The normalized spacial score (nSPS) is 25.4. The van der Waals surface area contributed by atoms with Gasteiger partial charge in [-0.2, -0.15) is 0 Å². The van der Waals surface area contributed by atoms with E-state index in [9.17, 15) is 0 Å². The van der Waals surface area contributed by atoms with Crippen LogP contribution in [0.4, 0.5) is 0 Å². The molecule has 1 saturated heterocycles. The van der Waals surface area contributed by atoms with Crippen LogP contribution in [-0.4, -0.2) is 17.2 Å². The molecule has 0 aromatic heterocycles. The summed E-state index contributed by atoms with van der Waals surface area (Å²) in [5.74, 6) is 8.05. The third kappa shape index (κ3) is 3.31. The van der Waals surface area contributed by atoms with Gasteiger partial charge in [0.15, 0.2) is 0 Å². The average molecular weight is 336 g/mol. The number of hydrogen-bond donors (Lipinski definition) is 1. The number of benzene rings is 2. The molecule has 0 amide bonds. The zero-order chi connectivity index (χ0) is 17.4. The molecule has 0 spiro atoms. The largest absolute Gasteiger partial charge is 0.487 e. The number of para-hydroxylation sites is 1. The second-order valence-corrected chi connectivity index (χ2v) is 8.14. The molecule has 132 valence electrons. The van der Waals surface area contributed by atoms with E-state index < -0.39 is 0 Å². The van der Waals surface area contributed by atoms with Gasteiger partial charge in [0.1, 0.15) is 11.4 Å². The second kappa shape index (κ2) is 6.47. The molecule has 25 heavy (non-hydrogen) atoms. The van der Waals surface area contributed by atoms with E-state index in [-0.39, 0.29) is 11.6 Å². The Morgan fingerprint density at radius 3 is 2.72 bits per heavy atom. The Kier molecular flexibility index (Phi) is 4.30. The minimum atomic E-state index is -0.0935. The van der Waals surface area contributed by atoms with E-state index in [0.29, 0.717) is 5.92 Å². The van der Waals surface area contributed by atoms with Crippen LogP contribution in [0, 0.1) is 5.92 Å². The zero-order valence-corrected chi connectivity index (χ0v) is 15.2. The van der Waals surface area contributed by atoms with Crippen molar-refractivity contribution in [3.8, 4) is 5.75 Å². The van der Waals surface area contributed by atoms with Gasteiger partial charge in [-0.25, -0.2) is 5.01 Å². The monoisotopic (exact) mass is 336 g/mol. The molecule has 2 aromatic carbocycles. The highest BCUT2D eigenvalue weighted by Crippen LogP contribution is 2.42. The Labute approximate surface area is 150 Å². The summed E-state index contributed by atoms with van der Waals surface area (Å²) >= 11 is 0. The molecule has 2 aliphatic rings. The molecule has 2 heterocycles. The van der Waals surface area contributed by atoms with Gasteiger partial charge in [0, 0.05) is 13.0 Å². The number of fused-ring (bicyclic) bond motifs is 1. The fourth-order valence-corrected chi connectivity index (χ4v) is 4.55. The van der Waals surface area contributed by atoms with Gasteiger partial charge in [0.25, 0.3) is 0 Å². The van der Waals surface area contributed by atoms with Crippen LogP contribution in [0.3, 0.4) is 0 Å². The number of nitrogens with two attached hydrogens (primary N) is 1. The van der Waals surface area contributed by atoms with Crippen molar-refractivity contribution >= 4 is 0 Å². The van der Waals surface area contributed by atoms with Gasteiger partial charge in [0.05, 0.1) is 6.04 Å². The SMILES string of the molecule is CC1(C)Cc2cccc(C[C@@H]3CCCN(N)[C@@H]3c3ccccc3)c2O1. The van der Waals surface area contributed by atoms with Crippen molar-refractivity contribution in [3.05, 3.63) is 65.2 Å². The van der Waals surface area contributed by atoms with E-state index in [1.54, 1.807) is 0 Å². The minimum Gasteiger partial charge on any atom is -0.487 e. The van der Waals surface area contributed by atoms with Gasteiger partial charge in [0.2, 0.25) is 0 Å². The Morgan fingerprint density at radius 2 is 1.92 bits per heavy atom. The summed E-state index contributed by atoms with van der Waals surface area (Å²) in [6.07, 6.45) is 4.38. The third-order valence-electron chi connectivity index (χ3n) is 5.59. The van der Waals surface area contributed by atoms with E-state index in [0.717, 1.165) is 31.6 Å². The third-order valence-corrected chi connectivity index (χ3v) is 5.59. The topological polar surface area (TPSA) is 38.5 Å². The Balaban J connectivity index is 1.63. The molecule has 0 saturated carbocycles. The van der Waals surface area contributed by atoms with E-state index in [1.807, 2.05) is 5.01 Å². The molecule has 0 bridgehead atoms. The highest BCUT2D eigenvalue weighted by molar-refractivity contribution is 5.46. The smallest absolute Gasteiger partial charge is 0.126 e. The van der Waals surface area contributed by atoms with Crippen LogP contribution in [0.2, 0.25) is 0 Å². The van der Waals surface area contributed by atoms with Gasteiger partial charge in [-0.05, 0) is 55.7 Å². The first kappa shape index (κ1) is 16.6. The lowest BCUT2D eigenvalue weighted by molar-refractivity contribution is 0.0909. The Bertz CT molecular complexity index is 741. The summed E-state index contributed by atoms with van der Waals surface area (Å²) < 4.78 is 6.29. The second-order valence-electron chi connectivity index (χ2n) is 8.14. The van der Waals surface area contributed by atoms with Crippen molar-refractivity contribution in [1.82, 2.24) is 5.01 Å². The van der Waals surface area contributed by atoms with Crippen molar-refractivity contribution in [3.63, 3.8) is 0 Å². The van der Waals surface area contributed by atoms with E-state index in [1.165, 1.54) is 23.1 Å². The molecule has 2 aromatic rings. The van der Waals surface area contributed by atoms with E-state index in [2.05, 4.69) is 62.4 Å². The highest BCUT2D eigenvalue weighted by atomic mass is 16.5. The van der Waals surface area contributed by atoms with Crippen LogP contribution < -0.4 is 10.6 Å². The van der Waals surface area contributed by atoms with Crippen molar-refractivity contribution in [2.24, 2.45) is 11.8 Å². The summed E-state index contributed by atoms with van der Waals surface area (Å²) in [6.45, 7) is 5.31. The van der Waals surface area contributed by atoms with Gasteiger partial charge in [-0.15, -0.1) is 0 Å². The predicted octanol–water partition coefficient (Wildman–Crippen LogP) is 4.27.